The second kappa shape index (κ2) is 4.14. The van der Waals surface area contributed by atoms with Crippen molar-refractivity contribution in [2.45, 2.75) is 13.3 Å². The summed E-state index contributed by atoms with van der Waals surface area (Å²) in [7, 11) is 0. The molecule has 2 aromatic rings. The van der Waals surface area contributed by atoms with Crippen LogP contribution >= 0.6 is 0 Å². The van der Waals surface area contributed by atoms with Crippen molar-refractivity contribution in [1.82, 2.24) is 14.8 Å². The molecule has 2 aromatic heterocycles. The number of pyridine rings is 1. The van der Waals surface area contributed by atoms with Crippen molar-refractivity contribution in [3.8, 4) is 5.82 Å². The average Bonchev–Trinajstić information content (AvgIpc) is 2.81. The van der Waals surface area contributed by atoms with Crippen LogP contribution in [0.2, 0.25) is 0 Å². The van der Waals surface area contributed by atoms with E-state index in [9.17, 15) is 9.90 Å². The summed E-state index contributed by atoms with van der Waals surface area (Å²) >= 11 is 0. The summed E-state index contributed by atoms with van der Waals surface area (Å²) in [4.78, 5) is 15.3. The average molecular weight is 217 g/mol. The third kappa shape index (κ3) is 1.67. The Morgan fingerprint density at radius 3 is 2.88 bits per heavy atom. The Morgan fingerprint density at radius 1 is 1.50 bits per heavy atom. The lowest BCUT2D eigenvalue weighted by molar-refractivity contribution is 0.0695. The number of carboxylic acids is 1. The maximum absolute atomic E-state index is 11.2. The van der Waals surface area contributed by atoms with Gasteiger partial charge >= 0.3 is 5.97 Å². The predicted octanol–water partition coefficient (Wildman–Crippen LogP) is 1.53. The molecule has 16 heavy (non-hydrogen) atoms. The fourth-order valence-electron chi connectivity index (χ4n) is 1.58. The molecule has 0 unspecified atom stereocenters. The van der Waals surface area contributed by atoms with Crippen LogP contribution in [0.3, 0.4) is 0 Å². The number of hydrogen-bond acceptors (Lipinski definition) is 3. The summed E-state index contributed by atoms with van der Waals surface area (Å²) in [6.07, 6.45) is 5.51. The molecule has 2 heterocycles. The largest absolute Gasteiger partial charge is 0.478 e. The minimum absolute atomic E-state index is 0.216. The molecule has 0 radical (unpaired) electrons. The first-order chi connectivity index (χ1) is 7.74. The minimum Gasteiger partial charge on any atom is -0.478 e. The van der Waals surface area contributed by atoms with Crippen LogP contribution in [0.4, 0.5) is 0 Å². The molecule has 2 rings (SSSR count). The van der Waals surface area contributed by atoms with Gasteiger partial charge in [-0.3, -0.25) is 0 Å². The van der Waals surface area contributed by atoms with Gasteiger partial charge in [0.2, 0.25) is 0 Å². The molecule has 0 bridgehead atoms. The van der Waals surface area contributed by atoms with Gasteiger partial charge in [-0.15, -0.1) is 0 Å². The third-order valence-corrected chi connectivity index (χ3v) is 2.33. The zero-order chi connectivity index (χ0) is 11.5. The molecular weight excluding hydrogens is 206 g/mol. The lowest BCUT2D eigenvalue weighted by Gasteiger charge is -2.08. The molecule has 0 aliphatic carbocycles. The van der Waals surface area contributed by atoms with Crippen LogP contribution in [-0.2, 0) is 6.42 Å². The molecule has 0 aliphatic heterocycles. The van der Waals surface area contributed by atoms with Crippen LogP contribution in [0.1, 0.15) is 22.8 Å². The number of hydrogen-bond donors (Lipinski definition) is 1. The highest BCUT2D eigenvalue weighted by Gasteiger charge is 2.17. The van der Waals surface area contributed by atoms with Crippen LogP contribution in [0, 0.1) is 0 Å². The van der Waals surface area contributed by atoms with Crippen LogP contribution in [0.5, 0.6) is 0 Å². The Balaban J connectivity index is 2.65. The lowest BCUT2D eigenvalue weighted by atomic mass is 10.1. The Kier molecular flexibility index (Phi) is 2.68. The van der Waals surface area contributed by atoms with Gasteiger partial charge in [0.25, 0.3) is 0 Å². The van der Waals surface area contributed by atoms with Gasteiger partial charge in [-0.25, -0.2) is 14.5 Å². The summed E-state index contributed by atoms with van der Waals surface area (Å²) in [5, 5.41) is 13.2. The highest BCUT2D eigenvalue weighted by Crippen LogP contribution is 2.16. The van der Waals surface area contributed by atoms with Gasteiger partial charge in [-0.1, -0.05) is 6.92 Å². The molecule has 0 aliphatic rings. The fourth-order valence-corrected chi connectivity index (χ4v) is 1.58. The molecule has 0 spiro atoms. The van der Waals surface area contributed by atoms with Crippen molar-refractivity contribution >= 4 is 5.97 Å². The van der Waals surface area contributed by atoms with E-state index in [4.69, 9.17) is 0 Å². The van der Waals surface area contributed by atoms with E-state index in [0.717, 1.165) is 5.56 Å². The first kappa shape index (κ1) is 10.4. The number of carboxylic acid groups (broad SMARTS) is 1. The van der Waals surface area contributed by atoms with E-state index in [1.54, 1.807) is 30.7 Å². The number of aromatic carboxylic acids is 1. The van der Waals surface area contributed by atoms with Crippen molar-refractivity contribution in [3.63, 3.8) is 0 Å². The van der Waals surface area contributed by atoms with Gasteiger partial charge in [0.05, 0.1) is 0 Å². The molecule has 0 aromatic carbocycles. The first-order valence-electron chi connectivity index (χ1n) is 4.95. The number of rotatable bonds is 3. The maximum Gasteiger partial charge on any atom is 0.339 e. The highest BCUT2D eigenvalue weighted by molar-refractivity contribution is 5.92. The summed E-state index contributed by atoms with van der Waals surface area (Å²) in [6, 6.07) is 3.45. The van der Waals surface area contributed by atoms with E-state index in [1.165, 1.54) is 4.68 Å². The molecule has 0 saturated carbocycles. The first-order valence-corrected chi connectivity index (χ1v) is 4.95. The molecule has 0 atom stereocenters. The summed E-state index contributed by atoms with van der Waals surface area (Å²) < 4.78 is 1.46. The van der Waals surface area contributed by atoms with Gasteiger partial charge in [-0.05, 0) is 24.1 Å². The van der Waals surface area contributed by atoms with Crippen molar-refractivity contribution in [2.75, 3.05) is 0 Å². The van der Waals surface area contributed by atoms with Crippen LogP contribution in [-0.4, -0.2) is 25.8 Å². The van der Waals surface area contributed by atoms with Gasteiger partial charge < -0.3 is 5.11 Å². The van der Waals surface area contributed by atoms with Crippen molar-refractivity contribution in [2.24, 2.45) is 0 Å². The molecule has 0 saturated heterocycles. The van der Waals surface area contributed by atoms with E-state index < -0.39 is 5.97 Å². The minimum atomic E-state index is -0.976. The Hall–Kier alpha value is -2.17. The van der Waals surface area contributed by atoms with Crippen molar-refractivity contribution in [1.29, 1.82) is 0 Å². The number of nitrogens with zero attached hydrogens (tertiary/aromatic N) is 3. The van der Waals surface area contributed by atoms with E-state index >= 15 is 0 Å². The predicted molar refractivity (Wildman–Crippen MR) is 57.7 cm³/mol. The quantitative estimate of drug-likeness (QED) is 0.846. The molecule has 5 heteroatoms. The molecule has 0 fully saturated rings. The topological polar surface area (TPSA) is 68.0 Å². The molecule has 0 amide bonds. The number of aromatic nitrogens is 3. The zero-order valence-corrected chi connectivity index (χ0v) is 8.79. The van der Waals surface area contributed by atoms with E-state index in [-0.39, 0.29) is 5.56 Å². The Morgan fingerprint density at radius 2 is 2.31 bits per heavy atom. The summed E-state index contributed by atoms with van der Waals surface area (Å²) in [5.41, 5.74) is 0.974. The summed E-state index contributed by atoms with van der Waals surface area (Å²) in [5.74, 6) is -0.618. The van der Waals surface area contributed by atoms with Gasteiger partial charge in [0.1, 0.15) is 5.56 Å². The Labute approximate surface area is 92.4 Å². The zero-order valence-electron chi connectivity index (χ0n) is 8.79. The van der Waals surface area contributed by atoms with E-state index in [1.807, 2.05) is 6.92 Å². The van der Waals surface area contributed by atoms with Crippen molar-refractivity contribution < 1.29 is 9.90 Å². The monoisotopic (exact) mass is 217 g/mol. The van der Waals surface area contributed by atoms with Crippen molar-refractivity contribution in [3.05, 3.63) is 41.9 Å². The molecule has 1 N–H and O–H groups in total. The molecule has 5 nitrogen and oxygen atoms in total. The smallest absolute Gasteiger partial charge is 0.339 e. The third-order valence-electron chi connectivity index (χ3n) is 2.33. The maximum atomic E-state index is 11.2. The molecule has 82 valence electrons. The fraction of sp³-hybridized carbons (Fsp3) is 0.182. The number of aryl methyl sites for hydroxylation is 1. The van der Waals surface area contributed by atoms with Gasteiger partial charge in [0.15, 0.2) is 5.82 Å². The summed E-state index contributed by atoms with van der Waals surface area (Å²) in [6.45, 7) is 1.91. The standard InChI is InChI=1S/C11H11N3O2/c1-2-8-4-6-12-10(9(8)11(15)16)14-7-3-5-13-14/h3-7H,2H2,1H3,(H,15,16). The van der Waals surface area contributed by atoms with Gasteiger partial charge in [-0.2, -0.15) is 5.10 Å². The molecular formula is C11H11N3O2. The van der Waals surface area contributed by atoms with E-state index in [2.05, 4.69) is 10.1 Å². The highest BCUT2D eigenvalue weighted by atomic mass is 16.4. The SMILES string of the molecule is CCc1ccnc(-n2cccn2)c1C(=O)O. The Bertz CT molecular complexity index is 506. The lowest BCUT2D eigenvalue weighted by Crippen LogP contribution is -2.11. The second-order valence-electron chi connectivity index (χ2n) is 3.28. The van der Waals surface area contributed by atoms with Crippen LogP contribution < -0.4 is 0 Å². The van der Waals surface area contributed by atoms with E-state index in [0.29, 0.717) is 12.2 Å². The second-order valence-corrected chi connectivity index (χ2v) is 3.28. The normalized spacial score (nSPS) is 10.3. The van der Waals surface area contributed by atoms with Crippen LogP contribution in [0.25, 0.3) is 5.82 Å². The van der Waals surface area contributed by atoms with Gasteiger partial charge in [0, 0.05) is 18.6 Å². The van der Waals surface area contributed by atoms with Crippen LogP contribution in [0.15, 0.2) is 30.7 Å². The number of carbonyl (C=O) groups is 1.